The SMILES string of the molecule is N#C/C(=C\c1ccc(-c2ccc(Cl)cc2)o1)C(=O)NCc1ccccc1. The van der Waals surface area contributed by atoms with Gasteiger partial charge < -0.3 is 9.73 Å². The molecule has 1 amide bonds. The minimum atomic E-state index is -0.444. The predicted octanol–water partition coefficient (Wildman–Crippen LogP) is 4.82. The van der Waals surface area contributed by atoms with Crippen LogP contribution < -0.4 is 5.32 Å². The third kappa shape index (κ3) is 4.41. The van der Waals surface area contributed by atoms with Gasteiger partial charge in [-0.25, -0.2) is 0 Å². The van der Waals surface area contributed by atoms with Crippen LogP contribution in [-0.4, -0.2) is 5.91 Å². The molecule has 0 aliphatic rings. The summed E-state index contributed by atoms with van der Waals surface area (Å²) in [6, 6.07) is 22.1. The Kier molecular flexibility index (Phi) is 5.52. The Balaban J connectivity index is 1.71. The number of benzene rings is 2. The Hall–Kier alpha value is -3.29. The molecule has 0 atom stereocenters. The van der Waals surface area contributed by atoms with E-state index in [0.717, 1.165) is 11.1 Å². The predicted molar refractivity (Wildman–Crippen MR) is 101 cm³/mol. The number of carbonyl (C=O) groups is 1. The summed E-state index contributed by atoms with van der Waals surface area (Å²) in [5.74, 6) is 0.622. The molecule has 4 nitrogen and oxygen atoms in total. The minimum Gasteiger partial charge on any atom is -0.457 e. The first-order valence-electron chi connectivity index (χ1n) is 7.95. The summed E-state index contributed by atoms with van der Waals surface area (Å²) in [6.07, 6.45) is 1.43. The molecule has 0 saturated carbocycles. The van der Waals surface area contributed by atoms with Gasteiger partial charge in [-0.15, -0.1) is 0 Å². The van der Waals surface area contributed by atoms with E-state index in [2.05, 4.69) is 5.32 Å². The zero-order chi connectivity index (χ0) is 18.4. The Morgan fingerprint density at radius 1 is 1.08 bits per heavy atom. The Morgan fingerprint density at radius 2 is 1.81 bits per heavy atom. The number of carbonyl (C=O) groups excluding carboxylic acids is 1. The van der Waals surface area contributed by atoms with Crippen LogP contribution in [-0.2, 0) is 11.3 Å². The zero-order valence-electron chi connectivity index (χ0n) is 13.8. The lowest BCUT2D eigenvalue weighted by Crippen LogP contribution is -2.23. The molecule has 0 bridgehead atoms. The summed E-state index contributed by atoms with van der Waals surface area (Å²) >= 11 is 5.88. The molecule has 0 aliphatic carbocycles. The molecule has 5 heteroatoms. The molecule has 0 unspecified atom stereocenters. The highest BCUT2D eigenvalue weighted by molar-refractivity contribution is 6.30. The molecule has 0 radical (unpaired) electrons. The molecule has 3 aromatic rings. The maximum atomic E-state index is 12.2. The Morgan fingerprint density at radius 3 is 2.50 bits per heavy atom. The second-order valence-electron chi connectivity index (χ2n) is 5.55. The average Bonchev–Trinajstić information content (AvgIpc) is 3.14. The number of furan rings is 1. The number of halogens is 1. The van der Waals surface area contributed by atoms with Crippen molar-refractivity contribution < 1.29 is 9.21 Å². The number of amides is 1. The molecule has 1 heterocycles. The number of hydrogen-bond donors (Lipinski definition) is 1. The van der Waals surface area contributed by atoms with Crippen molar-refractivity contribution in [2.75, 3.05) is 0 Å². The molecule has 1 aromatic heterocycles. The van der Waals surface area contributed by atoms with Gasteiger partial charge in [-0.05, 0) is 42.0 Å². The number of nitriles is 1. The quantitative estimate of drug-likeness (QED) is 0.522. The van der Waals surface area contributed by atoms with Crippen molar-refractivity contribution in [1.82, 2.24) is 5.32 Å². The van der Waals surface area contributed by atoms with Crippen LogP contribution in [0.4, 0.5) is 0 Å². The van der Waals surface area contributed by atoms with Gasteiger partial charge in [0.1, 0.15) is 23.2 Å². The maximum Gasteiger partial charge on any atom is 0.262 e. The highest BCUT2D eigenvalue weighted by atomic mass is 35.5. The molecular weight excluding hydrogens is 348 g/mol. The normalized spacial score (nSPS) is 11.0. The zero-order valence-corrected chi connectivity index (χ0v) is 14.5. The van der Waals surface area contributed by atoms with Crippen molar-refractivity contribution in [3.63, 3.8) is 0 Å². The smallest absolute Gasteiger partial charge is 0.262 e. The topological polar surface area (TPSA) is 66.0 Å². The van der Waals surface area contributed by atoms with Gasteiger partial charge in [-0.3, -0.25) is 4.79 Å². The van der Waals surface area contributed by atoms with Crippen molar-refractivity contribution in [2.45, 2.75) is 6.54 Å². The standard InChI is InChI=1S/C21H15ClN2O2/c22-18-8-6-16(7-9-18)20-11-10-19(26-20)12-17(13-23)21(25)24-14-15-4-2-1-3-5-15/h1-12H,14H2,(H,24,25)/b17-12+. The summed E-state index contributed by atoms with van der Waals surface area (Å²) in [5, 5.41) is 12.6. The molecule has 3 rings (SSSR count). The first-order chi connectivity index (χ1) is 12.7. The minimum absolute atomic E-state index is 0.0158. The van der Waals surface area contributed by atoms with Gasteiger partial charge in [0, 0.05) is 23.2 Å². The monoisotopic (exact) mass is 362 g/mol. The number of nitrogens with zero attached hydrogens (tertiary/aromatic N) is 1. The summed E-state index contributed by atoms with van der Waals surface area (Å²) in [4.78, 5) is 12.2. The van der Waals surface area contributed by atoms with E-state index < -0.39 is 5.91 Å². The fourth-order valence-electron chi connectivity index (χ4n) is 2.36. The highest BCUT2D eigenvalue weighted by Crippen LogP contribution is 2.24. The van der Waals surface area contributed by atoms with Crippen LogP contribution in [0.15, 0.2) is 76.7 Å². The van der Waals surface area contributed by atoms with E-state index in [1.807, 2.05) is 48.5 Å². The Labute approximate surface area is 156 Å². The van der Waals surface area contributed by atoms with Crippen LogP contribution >= 0.6 is 11.6 Å². The third-order valence-corrected chi connectivity index (χ3v) is 3.96. The maximum absolute atomic E-state index is 12.2. The Bertz CT molecular complexity index is 967. The molecular formula is C21H15ClN2O2. The fraction of sp³-hybridized carbons (Fsp3) is 0.0476. The molecule has 2 aromatic carbocycles. The molecule has 128 valence electrons. The van der Waals surface area contributed by atoms with Gasteiger partial charge in [-0.2, -0.15) is 5.26 Å². The second-order valence-corrected chi connectivity index (χ2v) is 5.98. The van der Waals surface area contributed by atoms with E-state index in [4.69, 9.17) is 16.0 Å². The summed E-state index contributed by atoms with van der Waals surface area (Å²) < 4.78 is 5.70. The van der Waals surface area contributed by atoms with Crippen molar-refractivity contribution in [3.05, 3.63) is 88.6 Å². The molecule has 0 aliphatic heterocycles. The van der Waals surface area contributed by atoms with Crippen molar-refractivity contribution in [3.8, 4) is 17.4 Å². The molecule has 26 heavy (non-hydrogen) atoms. The van der Waals surface area contributed by atoms with Gasteiger partial charge >= 0.3 is 0 Å². The van der Waals surface area contributed by atoms with E-state index in [9.17, 15) is 10.1 Å². The second kappa shape index (κ2) is 8.19. The number of rotatable bonds is 5. The number of hydrogen-bond acceptors (Lipinski definition) is 3. The van der Waals surface area contributed by atoms with Crippen LogP contribution in [0.2, 0.25) is 5.02 Å². The van der Waals surface area contributed by atoms with E-state index in [-0.39, 0.29) is 5.57 Å². The molecule has 0 fully saturated rings. The number of nitrogens with one attached hydrogen (secondary N) is 1. The van der Waals surface area contributed by atoms with Gasteiger partial charge in [0.05, 0.1) is 0 Å². The lowest BCUT2D eigenvalue weighted by atomic mass is 10.2. The lowest BCUT2D eigenvalue weighted by molar-refractivity contribution is -0.117. The largest absolute Gasteiger partial charge is 0.457 e. The van der Waals surface area contributed by atoms with Gasteiger partial charge in [0.25, 0.3) is 5.91 Å². The van der Waals surface area contributed by atoms with Crippen molar-refractivity contribution in [1.29, 1.82) is 5.26 Å². The van der Waals surface area contributed by atoms with E-state index in [1.54, 1.807) is 24.3 Å². The van der Waals surface area contributed by atoms with E-state index in [0.29, 0.717) is 23.1 Å². The van der Waals surface area contributed by atoms with Crippen LogP contribution in [0.5, 0.6) is 0 Å². The van der Waals surface area contributed by atoms with Crippen LogP contribution in [0.1, 0.15) is 11.3 Å². The van der Waals surface area contributed by atoms with Crippen LogP contribution in [0.25, 0.3) is 17.4 Å². The first-order valence-corrected chi connectivity index (χ1v) is 8.33. The van der Waals surface area contributed by atoms with Crippen LogP contribution in [0.3, 0.4) is 0 Å². The van der Waals surface area contributed by atoms with Crippen molar-refractivity contribution >= 4 is 23.6 Å². The summed E-state index contributed by atoms with van der Waals surface area (Å²) in [7, 11) is 0. The summed E-state index contributed by atoms with van der Waals surface area (Å²) in [5.41, 5.74) is 1.81. The highest BCUT2D eigenvalue weighted by Gasteiger charge is 2.11. The third-order valence-electron chi connectivity index (χ3n) is 3.70. The lowest BCUT2D eigenvalue weighted by Gasteiger charge is -2.03. The first kappa shape index (κ1) is 17.5. The van der Waals surface area contributed by atoms with Crippen LogP contribution in [0, 0.1) is 11.3 Å². The van der Waals surface area contributed by atoms with E-state index >= 15 is 0 Å². The molecule has 1 N–H and O–H groups in total. The molecule has 0 spiro atoms. The van der Waals surface area contributed by atoms with Crippen molar-refractivity contribution in [2.24, 2.45) is 0 Å². The average molecular weight is 363 g/mol. The van der Waals surface area contributed by atoms with Gasteiger partial charge in [-0.1, -0.05) is 41.9 Å². The van der Waals surface area contributed by atoms with Gasteiger partial charge in [0.15, 0.2) is 0 Å². The van der Waals surface area contributed by atoms with Gasteiger partial charge in [0.2, 0.25) is 0 Å². The molecule has 0 saturated heterocycles. The fourth-order valence-corrected chi connectivity index (χ4v) is 2.49. The van der Waals surface area contributed by atoms with E-state index in [1.165, 1.54) is 6.08 Å². The summed E-state index contributed by atoms with van der Waals surface area (Å²) in [6.45, 7) is 0.354.